The standard InChI is InChI=1S/C41H28N2/c1-41(2)35-14-8-6-12-30(35)32-23-22-31-33(38(32)41)21-18-25-16-17-27-24-28(19-20-29(27)37(25)31)40-42-36-15-9-7-13-34(36)39(43-40)26-10-4-3-5-11-26/h3-24H,1-2H3. The van der Waals surface area contributed by atoms with Gasteiger partial charge in [-0.2, -0.15) is 0 Å². The first-order chi connectivity index (χ1) is 21.1. The fraction of sp³-hybridized carbons (Fsp3) is 0.0732. The molecule has 202 valence electrons. The molecule has 0 saturated heterocycles. The lowest BCUT2D eigenvalue weighted by atomic mass is 9.79. The van der Waals surface area contributed by atoms with Crippen LogP contribution in [0.15, 0.2) is 133 Å². The summed E-state index contributed by atoms with van der Waals surface area (Å²) in [6.45, 7) is 4.73. The Bertz CT molecular complexity index is 2420. The Morgan fingerprint density at radius 2 is 1.21 bits per heavy atom. The lowest BCUT2D eigenvalue weighted by Gasteiger charge is -2.23. The second-order valence-electron chi connectivity index (χ2n) is 12.2. The molecule has 0 aliphatic heterocycles. The van der Waals surface area contributed by atoms with Crippen molar-refractivity contribution < 1.29 is 0 Å². The van der Waals surface area contributed by atoms with Crippen LogP contribution >= 0.6 is 0 Å². The van der Waals surface area contributed by atoms with E-state index < -0.39 is 0 Å². The summed E-state index contributed by atoms with van der Waals surface area (Å²) in [5.41, 5.74) is 9.53. The van der Waals surface area contributed by atoms with Crippen molar-refractivity contribution in [2.24, 2.45) is 0 Å². The van der Waals surface area contributed by atoms with E-state index >= 15 is 0 Å². The average molecular weight is 549 g/mol. The van der Waals surface area contributed by atoms with Crippen molar-refractivity contribution in [1.82, 2.24) is 9.97 Å². The molecule has 9 rings (SSSR count). The molecule has 0 unspecified atom stereocenters. The van der Waals surface area contributed by atoms with Crippen LogP contribution in [0.5, 0.6) is 0 Å². The highest BCUT2D eigenvalue weighted by Crippen LogP contribution is 2.52. The Balaban J connectivity index is 1.27. The van der Waals surface area contributed by atoms with Crippen molar-refractivity contribution in [3.05, 3.63) is 145 Å². The van der Waals surface area contributed by atoms with Crippen LogP contribution in [0.1, 0.15) is 25.0 Å². The monoisotopic (exact) mass is 548 g/mol. The average Bonchev–Trinajstić information content (AvgIpc) is 3.30. The second kappa shape index (κ2) is 8.83. The normalized spacial score (nSPS) is 13.5. The van der Waals surface area contributed by atoms with E-state index in [4.69, 9.17) is 9.97 Å². The summed E-state index contributed by atoms with van der Waals surface area (Å²) in [5.74, 6) is 0.745. The van der Waals surface area contributed by atoms with Gasteiger partial charge in [0.1, 0.15) is 0 Å². The summed E-state index contributed by atoms with van der Waals surface area (Å²) in [7, 11) is 0. The van der Waals surface area contributed by atoms with Gasteiger partial charge in [0.25, 0.3) is 0 Å². The van der Waals surface area contributed by atoms with Gasteiger partial charge in [-0.25, -0.2) is 9.97 Å². The molecular formula is C41H28N2. The van der Waals surface area contributed by atoms with Gasteiger partial charge in [0.2, 0.25) is 0 Å². The number of fused-ring (bicyclic) bond motifs is 10. The summed E-state index contributed by atoms with van der Waals surface area (Å²) < 4.78 is 0. The Morgan fingerprint density at radius 1 is 0.488 bits per heavy atom. The minimum absolute atomic E-state index is 0.0548. The fourth-order valence-electron chi connectivity index (χ4n) is 7.43. The molecule has 0 fully saturated rings. The van der Waals surface area contributed by atoms with E-state index in [1.54, 1.807) is 0 Å². The third-order valence-corrected chi connectivity index (χ3v) is 9.42. The number of hydrogen-bond donors (Lipinski definition) is 0. The molecule has 0 amide bonds. The van der Waals surface area contributed by atoms with Gasteiger partial charge in [0.05, 0.1) is 11.2 Å². The van der Waals surface area contributed by atoms with Crippen LogP contribution < -0.4 is 0 Å². The maximum absolute atomic E-state index is 5.12. The third kappa shape index (κ3) is 3.47. The van der Waals surface area contributed by atoms with E-state index in [9.17, 15) is 0 Å². The van der Waals surface area contributed by atoms with E-state index in [1.165, 1.54) is 54.6 Å². The lowest BCUT2D eigenvalue weighted by molar-refractivity contribution is 0.666. The zero-order valence-electron chi connectivity index (χ0n) is 24.1. The molecule has 1 aliphatic rings. The quantitative estimate of drug-likeness (QED) is 0.201. The highest BCUT2D eigenvalue weighted by molar-refractivity contribution is 6.22. The van der Waals surface area contributed by atoms with Gasteiger partial charge in [0, 0.05) is 21.9 Å². The molecule has 1 aliphatic carbocycles. The first-order valence-electron chi connectivity index (χ1n) is 14.9. The molecule has 8 aromatic rings. The molecule has 0 atom stereocenters. The fourth-order valence-corrected chi connectivity index (χ4v) is 7.43. The molecule has 0 bridgehead atoms. The van der Waals surface area contributed by atoms with Crippen molar-refractivity contribution >= 4 is 43.2 Å². The zero-order chi connectivity index (χ0) is 28.7. The van der Waals surface area contributed by atoms with Gasteiger partial charge in [-0.1, -0.05) is 135 Å². The summed E-state index contributed by atoms with van der Waals surface area (Å²) in [4.78, 5) is 10.1. The van der Waals surface area contributed by atoms with Gasteiger partial charge in [-0.05, 0) is 66.7 Å². The van der Waals surface area contributed by atoms with Crippen LogP contribution in [-0.2, 0) is 5.41 Å². The Morgan fingerprint density at radius 3 is 2.12 bits per heavy atom. The maximum atomic E-state index is 5.12. The molecule has 7 aromatic carbocycles. The highest BCUT2D eigenvalue weighted by Gasteiger charge is 2.36. The van der Waals surface area contributed by atoms with Crippen LogP contribution in [0.2, 0.25) is 0 Å². The van der Waals surface area contributed by atoms with Crippen molar-refractivity contribution in [1.29, 1.82) is 0 Å². The van der Waals surface area contributed by atoms with Crippen LogP contribution in [0.3, 0.4) is 0 Å². The second-order valence-corrected chi connectivity index (χ2v) is 12.2. The summed E-state index contributed by atoms with van der Waals surface area (Å²) in [5, 5.41) is 8.72. The number of aromatic nitrogens is 2. The predicted molar refractivity (Wildman–Crippen MR) is 180 cm³/mol. The number of nitrogens with zero attached hydrogens (tertiary/aromatic N) is 2. The molecule has 0 saturated carbocycles. The molecule has 0 N–H and O–H groups in total. The molecule has 1 heterocycles. The smallest absolute Gasteiger partial charge is 0.160 e. The number of para-hydroxylation sites is 1. The summed E-state index contributed by atoms with van der Waals surface area (Å²) >= 11 is 0. The topological polar surface area (TPSA) is 25.8 Å². The number of rotatable bonds is 2. The third-order valence-electron chi connectivity index (χ3n) is 9.42. The summed E-state index contributed by atoms with van der Waals surface area (Å²) in [6.07, 6.45) is 0. The largest absolute Gasteiger partial charge is 0.228 e. The van der Waals surface area contributed by atoms with Crippen molar-refractivity contribution in [3.8, 4) is 33.8 Å². The SMILES string of the molecule is CC1(C)c2ccccc2-c2ccc3c(ccc4ccc5cc(-c6nc(-c7ccccc7)c7ccccc7n6)ccc5c43)c21. The van der Waals surface area contributed by atoms with Crippen molar-refractivity contribution in [3.63, 3.8) is 0 Å². The molecule has 0 spiro atoms. The molecule has 0 radical (unpaired) electrons. The minimum atomic E-state index is -0.0548. The molecule has 2 nitrogen and oxygen atoms in total. The van der Waals surface area contributed by atoms with E-state index in [0.717, 1.165) is 33.5 Å². The van der Waals surface area contributed by atoms with Crippen molar-refractivity contribution in [2.75, 3.05) is 0 Å². The van der Waals surface area contributed by atoms with E-state index in [2.05, 4.69) is 135 Å². The molecular weight excluding hydrogens is 520 g/mol. The van der Waals surface area contributed by atoms with Crippen LogP contribution in [-0.4, -0.2) is 9.97 Å². The van der Waals surface area contributed by atoms with Gasteiger partial charge >= 0.3 is 0 Å². The van der Waals surface area contributed by atoms with E-state index in [1.807, 2.05) is 12.1 Å². The van der Waals surface area contributed by atoms with E-state index in [0.29, 0.717) is 0 Å². The lowest BCUT2D eigenvalue weighted by Crippen LogP contribution is -2.15. The molecule has 1 aromatic heterocycles. The number of hydrogen-bond acceptors (Lipinski definition) is 2. The summed E-state index contributed by atoms with van der Waals surface area (Å²) in [6, 6.07) is 48.0. The van der Waals surface area contributed by atoms with Gasteiger partial charge in [0.15, 0.2) is 5.82 Å². The van der Waals surface area contributed by atoms with Gasteiger partial charge in [-0.3, -0.25) is 0 Å². The van der Waals surface area contributed by atoms with Crippen LogP contribution in [0.4, 0.5) is 0 Å². The zero-order valence-corrected chi connectivity index (χ0v) is 24.1. The predicted octanol–water partition coefficient (Wildman–Crippen LogP) is 10.7. The minimum Gasteiger partial charge on any atom is -0.228 e. The van der Waals surface area contributed by atoms with Crippen LogP contribution in [0.25, 0.3) is 77.0 Å². The highest BCUT2D eigenvalue weighted by atomic mass is 14.9. The van der Waals surface area contributed by atoms with Crippen LogP contribution in [0, 0.1) is 0 Å². The number of benzene rings is 7. The molecule has 2 heteroatoms. The first kappa shape index (κ1) is 24.3. The Kier molecular flexibility index (Phi) is 4.99. The van der Waals surface area contributed by atoms with Gasteiger partial charge in [-0.15, -0.1) is 0 Å². The molecule has 43 heavy (non-hydrogen) atoms. The van der Waals surface area contributed by atoms with Gasteiger partial charge < -0.3 is 0 Å². The van der Waals surface area contributed by atoms with E-state index in [-0.39, 0.29) is 5.41 Å². The van der Waals surface area contributed by atoms with Crippen molar-refractivity contribution in [2.45, 2.75) is 19.3 Å². The Labute approximate surface area is 250 Å². The first-order valence-corrected chi connectivity index (χ1v) is 14.9. The Hall–Kier alpha value is -5.34. The maximum Gasteiger partial charge on any atom is 0.160 e.